The Bertz CT molecular complexity index is 407. The van der Waals surface area contributed by atoms with Crippen molar-refractivity contribution >= 4 is 11.6 Å². The predicted molar refractivity (Wildman–Crippen MR) is 77.9 cm³/mol. The number of hydrogen-bond acceptors (Lipinski definition) is 3. The summed E-state index contributed by atoms with van der Waals surface area (Å²) in [6, 6.07) is 10.0. The highest BCUT2D eigenvalue weighted by Gasteiger charge is 2.25. The SMILES string of the molecule is CC1CCC(CN)CN1CC(=O)Nc1ccccc1. The molecule has 0 aromatic heterocycles. The number of nitrogens with zero attached hydrogens (tertiary/aromatic N) is 1. The molecule has 0 bridgehead atoms. The van der Waals surface area contributed by atoms with Gasteiger partial charge in [0.25, 0.3) is 0 Å². The maximum absolute atomic E-state index is 12.0. The molecule has 0 spiro atoms. The Labute approximate surface area is 115 Å². The van der Waals surface area contributed by atoms with E-state index >= 15 is 0 Å². The first-order valence-corrected chi connectivity index (χ1v) is 6.98. The lowest BCUT2D eigenvalue weighted by Gasteiger charge is -2.37. The fraction of sp³-hybridized carbons (Fsp3) is 0.533. The number of rotatable bonds is 4. The van der Waals surface area contributed by atoms with Crippen LogP contribution in [-0.2, 0) is 4.79 Å². The summed E-state index contributed by atoms with van der Waals surface area (Å²) >= 11 is 0. The smallest absolute Gasteiger partial charge is 0.238 e. The van der Waals surface area contributed by atoms with Gasteiger partial charge in [-0.25, -0.2) is 0 Å². The number of likely N-dealkylation sites (tertiary alicyclic amines) is 1. The van der Waals surface area contributed by atoms with Gasteiger partial charge in [0.1, 0.15) is 0 Å². The highest BCUT2D eigenvalue weighted by Crippen LogP contribution is 2.20. The number of para-hydroxylation sites is 1. The molecule has 0 radical (unpaired) electrons. The van der Waals surface area contributed by atoms with E-state index in [2.05, 4.69) is 17.1 Å². The van der Waals surface area contributed by atoms with E-state index in [9.17, 15) is 4.79 Å². The van der Waals surface area contributed by atoms with E-state index in [4.69, 9.17) is 5.73 Å². The fourth-order valence-electron chi connectivity index (χ4n) is 2.58. The molecule has 4 nitrogen and oxygen atoms in total. The Morgan fingerprint density at radius 1 is 1.37 bits per heavy atom. The van der Waals surface area contributed by atoms with Crippen molar-refractivity contribution in [1.82, 2.24) is 4.90 Å². The summed E-state index contributed by atoms with van der Waals surface area (Å²) in [5.41, 5.74) is 6.59. The quantitative estimate of drug-likeness (QED) is 0.867. The molecular formula is C15H23N3O. The molecule has 1 aromatic carbocycles. The zero-order valence-electron chi connectivity index (χ0n) is 11.5. The number of carbonyl (C=O) groups is 1. The zero-order chi connectivity index (χ0) is 13.7. The monoisotopic (exact) mass is 261 g/mol. The molecule has 1 aromatic rings. The van der Waals surface area contributed by atoms with Gasteiger partial charge in [0.05, 0.1) is 6.54 Å². The molecular weight excluding hydrogens is 238 g/mol. The molecule has 19 heavy (non-hydrogen) atoms. The summed E-state index contributed by atoms with van der Waals surface area (Å²) in [7, 11) is 0. The molecule has 2 unspecified atom stereocenters. The molecule has 104 valence electrons. The normalized spacial score (nSPS) is 24.1. The number of hydrogen-bond donors (Lipinski definition) is 2. The maximum Gasteiger partial charge on any atom is 0.238 e. The van der Waals surface area contributed by atoms with Gasteiger partial charge in [-0.3, -0.25) is 9.69 Å². The third-order valence-corrected chi connectivity index (χ3v) is 3.85. The second-order valence-corrected chi connectivity index (χ2v) is 5.37. The molecule has 2 atom stereocenters. The van der Waals surface area contributed by atoms with Crippen LogP contribution in [-0.4, -0.2) is 36.5 Å². The minimum absolute atomic E-state index is 0.0516. The summed E-state index contributed by atoms with van der Waals surface area (Å²) in [6.07, 6.45) is 2.30. The highest BCUT2D eigenvalue weighted by molar-refractivity contribution is 5.92. The number of piperidine rings is 1. The molecule has 0 saturated carbocycles. The van der Waals surface area contributed by atoms with Gasteiger partial charge in [-0.15, -0.1) is 0 Å². The first-order valence-electron chi connectivity index (χ1n) is 6.98. The second kappa shape index (κ2) is 6.68. The standard InChI is InChI=1S/C15H23N3O/c1-12-7-8-13(9-16)10-18(12)11-15(19)17-14-5-3-2-4-6-14/h2-6,12-13H,7-11,16H2,1H3,(H,17,19). The first-order chi connectivity index (χ1) is 9.19. The number of nitrogens with two attached hydrogens (primary N) is 1. The van der Waals surface area contributed by atoms with Crippen LogP contribution in [0.5, 0.6) is 0 Å². The number of amides is 1. The summed E-state index contributed by atoms with van der Waals surface area (Å²) < 4.78 is 0. The molecule has 1 aliphatic heterocycles. The summed E-state index contributed by atoms with van der Waals surface area (Å²) in [6.45, 7) is 4.28. The minimum Gasteiger partial charge on any atom is -0.330 e. The average molecular weight is 261 g/mol. The van der Waals surface area contributed by atoms with Gasteiger partial charge in [-0.05, 0) is 44.4 Å². The van der Waals surface area contributed by atoms with Crippen molar-refractivity contribution in [2.24, 2.45) is 11.7 Å². The van der Waals surface area contributed by atoms with E-state index in [0.29, 0.717) is 25.0 Å². The molecule has 1 saturated heterocycles. The molecule has 4 heteroatoms. The van der Waals surface area contributed by atoms with Crippen LogP contribution < -0.4 is 11.1 Å². The fourth-order valence-corrected chi connectivity index (χ4v) is 2.58. The Morgan fingerprint density at radius 2 is 2.11 bits per heavy atom. The lowest BCUT2D eigenvalue weighted by Crippen LogP contribution is -2.47. The Morgan fingerprint density at radius 3 is 2.79 bits per heavy atom. The van der Waals surface area contributed by atoms with Gasteiger partial charge in [-0.2, -0.15) is 0 Å². The number of benzene rings is 1. The molecule has 1 fully saturated rings. The minimum atomic E-state index is 0.0516. The van der Waals surface area contributed by atoms with Crippen molar-refractivity contribution < 1.29 is 4.79 Å². The highest BCUT2D eigenvalue weighted by atomic mass is 16.2. The lowest BCUT2D eigenvalue weighted by atomic mass is 9.93. The first kappa shape index (κ1) is 14.0. The summed E-state index contributed by atoms with van der Waals surface area (Å²) in [5.74, 6) is 0.580. The van der Waals surface area contributed by atoms with Gasteiger partial charge >= 0.3 is 0 Å². The molecule has 3 N–H and O–H groups in total. The second-order valence-electron chi connectivity index (χ2n) is 5.37. The van der Waals surface area contributed by atoms with Gasteiger partial charge in [-0.1, -0.05) is 18.2 Å². The van der Waals surface area contributed by atoms with Crippen molar-refractivity contribution in [2.75, 3.05) is 25.0 Å². The molecule has 1 amide bonds. The van der Waals surface area contributed by atoms with E-state index in [1.807, 2.05) is 30.3 Å². The number of anilines is 1. The van der Waals surface area contributed by atoms with E-state index in [-0.39, 0.29) is 5.91 Å². The van der Waals surface area contributed by atoms with Gasteiger partial charge in [0.2, 0.25) is 5.91 Å². The van der Waals surface area contributed by atoms with E-state index in [1.165, 1.54) is 6.42 Å². The molecule has 1 heterocycles. The molecule has 0 aliphatic carbocycles. The van der Waals surface area contributed by atoms with Crippen molar-refractivity contribution in [3.8, 4) is 0 Å². The third kappa shape index (κ3) is 4.04. The van der Waals surface area contributed by atoms with Crippen LogP contribution in [0, 0.1) is 5.92 Å². The van der Waals surface area contributed by atoms with Gasteiger partial charge < -0.3 is 11.1 Å². The van der Waals surface area contributed by atoms with Gasteiger partial charge in [0, 0.05) is 18.3 Å². The van der Waals surface area contributed by atoms with Crippen molar-refractivity contribution in [2.45, 2.75) is 25.8 Å². The van der Waals surface area contributed by atoms with Crippen LogP contribution >= 0.6 is 0 Å². The summed E-state index contributed by atoms with van der Waals surface area (Å²) in [5, 5.41) is 2.93. The van der Waals surface area contributed by atoms with E-state index < -0.39 is 0 Å². The van der Waals surface area contributed by atoms with Crippen LogP contribution in [0.15, 0.2) is 30.3 Å². The van der Waals surface area contributed by atoms with E-state index in [0.717, 1.165) is 18.7 Å². The maximum atomic E-state index is 12.0. The lowest BCUT2D eigenvalue weighted by molar-refractivity contribution is -0.118. The third-order valence-electron chi connectivity index (χ3n) is 3.85. The average Bonchev–Trinajstić information content (AvgIpc) is 2.42. The largest absolute Gasteiger partial charge is 0.330 e. The van der Waals surface area contributed by atoms with Crippen LogP contribution in [0.25, 0.3) is 0 Å². The number of nitrogens with one attached hydrogen (secondary N) is 1. The zero-order valence-corrected chi connectivity index (χ0v) is 11.5. The van der Waals surface area contributed by atoms with Crippen LogP contribution in [0.4, 0.5) is 5.69 Å². The topological polar surface area (TPSA) is 58.4 Å². The van der Waals surface area contributed by atoms with Crippen LogP contribution in [0.1, 0.15) is 19.8 Å². The predicted octanol–water partition coefficient (Wildman–Crippen LogP) is 1.68. The van der Waals surface area contributed by atoms with Crippen molar-refractivity contribution in [1.29, 1.82) is 0 Å². The van der Waals surface area contributed by atoms with Crippen molar-refractivity contribution in [3.63, 3.8) is 0 Å². The van der Waals surface area contributed by atoms with E-state index in [1.54, 1.807) is 0 Å². The van der Waals surface area contributed by atoms with Gasteiger partial charge in [0.15, 0.2) is 0 Å². The summed E-state index contributed by atoms with van der Waals surface area (Å²) in [4.78, 5) is 14.3. The van der Waals surface area contributed by atoms with Crippen molar-refractivity contribution in [3.05, 3.63) is 30.3 Å². The van der Waals surface area contributed by atoms with Crippen LogP contribution in [0.2, 0.25) is 0 Å². The van der Waals surface area contributed by atoms with Crippen LogP contribution in [0.3, 0.4) is 0 Å². The Balaban J connectivity index is 1.87. The molecule has 2 rings (SSSR count). The number of carbonyl (C=O) groups excluding carboxylic acids is 1. The Hall–Kier alpha value is -1.39. The Kier molecular flexibility index (Phi) is 4.93. The molecule has 1 aliphatic rings.